The number of aromatic nitrogens is 2. The Kier molecular flexibility index (Phi) is 5.63. The number of nitrogens with zero attached hydrogens (tertiary/aromatic N) is 2. The molecule has 0 aliphatic rings. The Hall–Kier alpha value is -1.89. The summed E-state index contributed by atoms with van der Waals surface area (Å²) in [6.07, 6.45) is 3.40. The molecule has 0 aliphatic heterocycles. The number of hydrogen-bond donors (Lipinski definition) is 0. The van der Waals surface area contributed by atoms with E-state index in [4.69, 9.17) is 9.47 Å². The van der Waals surface area contributed by atoms with Crippen LogP contribution < -0.4 is 9.47 Å². The third-order valence-corrected chi connectivity index (χ3v) is 4.27. The number of fused-ring (bicyclic) bond motifs is 1. The van der Waals surface area contributed by atoms with Crippen molar-refractivity contribution in [3.63, 3.8) is 0 Å². The maximum absolute atomic E-state index is 5.79. The lowest BCUT2D eigenvalue weighted by Gasteiger charge is -2.09. The summed E-state index contributed by atoms with van der Waals surface area (Å²) in [5.74, 6) is 1.59. The summed E-state index contributed by atoms with van der Waals surface area (Å²) in [7, 11) is 0. The fraction of sp³-hybridized carbons (Fsp3) is 0.222. The van der Waals surface area contributed by atoms with Crippen molar-refractivity contribution in [3.8, 4) is 11.6 Å². The minimum atomic E-state index is 0.621. The lowest BCUT2D eigenvalue weighted by molar-refractivity contribution is 0.262. The molecule has 2 aromatic carbocycles. The molecule has 118 valence electrons. The van der Waals surface area contributed by atoms with Crippen molar-refractivity contribution in [1.29, 1.82) is 0 Å². The van der Waals surface area contributed by atoms with Crippen LogP contribution in [0.15, 0.2) is 54.9 Å². The average molecular weight is 420 g/mol. The van der Waals surface area contributed by atoms with Crippen LogP contribution in [0.25, 0.3) is 10.9 Å². The molecular weight excluding hydrogens is 403 g/mol. The van der Waals surface area contributed by atoms with Gasteiger partial charge in [-0.15, -0.1) is 0 Å². The third kappa shape index (κ3) is 4.31. The summed E-state index contributed by atoms with van der Waals surface area (Å²) >= 11 is 2.28. The maximum atomic E-state index is 5.79. The molecule has 5 heteroatoms. The molecule has 0 radical (unpaired) electrons. The minimum absolute atomic E-state index is 0.621. The molecule has 1 aromatic heterocycles. The summed E-state index contributed by atoms with van der Waals surface area (Å²) in [4.78, 5) is 8.45. The second-order valence-electron chi connectivity index (χ2n) is 5.03. The molecule has 0 spiro atoms. The second kappa shape index (κ2) is 8.10. The molecule has 4 nitrogen and oxygen atoms in total. The molecule has 3 aromatic rings. The van der Waals surface area contributed by atoms with Crippen LogP contribution in [0.1, 0.15) is 12.8 Å². The number of benzene rings is 2. The SMILES string of the molecule is Ic1ccccc1OCCCCOc1ncnc2ccccc12. The molecule has 0 aliphatic carbocycles. The highest BCUT2D eigenvalue weighted by Gasteiger charge is 2.04. The van der Waals surface area contributed by atoms with Crippen LogP contribution in [0.2, 0.25) is 0 Å². The van der Waals surface area contributed by atoms with E-state index < -0.39 is 0 Å². The predicted molar refractivity (Wildman–Crippen MR) is 98.9 cm³/mol. The second-order valence-corrected chi connectivity index (χ2v) is 6.19. The van der Waals surface area contributed by atoms with Gasteiger partial charge in [-0.1, -0.05) is 24.3 Å². The highest BCUT2D eigenvalue weighted by molar-refractivity contribution is 14.1. The first kappa shape index (κ1) is 16.0. The monoisotopic (exact) mass is 420 g/mol. The first-order valence-electron chi connectivity index (χ1n) is 7.54. The Balaban J connectivity index is 1.44. The van der Waals surface area contributed by atoms with E-state index in [9.17, 15) is 0 Å². The molecular formula is C18H17IN2O2. The van der Waals surface area contributed by atoms with E-state index in [1.807, 2.05) is 48.5 Å². The van der Waals surface area contributed by atoms with Crippen LogP contribution in [0.3, 0.4) is 0 Å². The molecule has 0 fully saturated rings. The molecule has 0 unspecified atom stereocenters. The third-order valence-electron chi connectivity index (χ3n) is 3.38. The lowest BCUT2D eigenvalue weighted by atomic mass is 10.2. The Morgan fingerprint density at radius 1 is 0.826 bits per heavy atom. The van der Waals surface area contributed by atoms with Crippen molar-refractivity contribution in [1.82, 2.24) is 9.97 Å². The fourth-order valence-electron chi connectivity index (χ4n) is 2.21. The molecule has 0 atom stereocenters. The van der Waals surface area contributed by atoms with Crippen LogP contribution in [0, 0.1) is 3.57 Å². The van der Waals surface area contributed by atoms with Gasteiger partial charge in [0.05, 0.1) is 27.7 Å². The Labute approximate surface area is 149 Å². The number of ether oxygens (including phenoxy) is 2. The number of rotatable bonds is 7. The van der Waals surface area contributed by atoms with E-state index in [1.54, 1.807) is 0 Å². The van der Waals surface area contributed by atoms with E-state index in [2.05, 4.69) is 32.6 Å². The Morgan fingerprint density at radius 3 is 2.43 bits per heavy atom. The molecule has 0 bridgehead atoms. The van der Waals surface area contributed by atoms with Gasteiger partial charge in [-0.05, 0) is 59.7 Å². The van der Waals surface area contributed by atoms with Crippen LogP contribution in [0.5, 0.6) is 11.6 Å². The molecule has 23 heavy (non-hydrogen) atoms. The summed E-state index contributed by atoms with van der Waals surface area (Å²) in [5, 5.41) is 0.949. The van der Waals surface area contributed by atoms with Gasteiger partial charge < -0.3 is 9.47 Å². The number of para-hydroxylation sites is 2. The molecule has 0 saturated heterocycles. The zero-order chi connectivity index (χ0) is 15.9. The summed E-state index contributed by atoms with van der Waals surface area (Å²) in [5.41, 5.74) is 0.902. The van der Waals surface area contributed by atoms with Gasteiger partial charge in [0.2, 0.25) is 5.88 Å². The van der Waals surface area contributed by atoms with Gasteiger partial charge in [-0.25, -0.2) is 9.97 Å². The maximum Gasteiger partial charge on any atom is 0.224 e. The van der Waals surface area contributed by atoms with Crippen molar-refractivity contribution >= 4 is 33.5 Å². The quantitative estimate of drug-likeness (QED) is 0.418. The normalized spacial score (nSPS) is 10.7. The molecule has 0 saturated carbocycles. The smallest absolute Gasteiger partial charge is 0.224 e. The number of hydrogen-bond acceptors (Lipinski definition) is 4. The molecule has 1 heterocycles. The van der Waals surface area contributed by atoms with Crippen LogP contribution in [0.4, 0.5) is 0 Å². The zero-order valence-corrected chi connectivity index (χ0v) is 14.8. The first-order chi connectivity index (χ1) is 11.3. The van der Waals surface area contributed by atoms with E-state index in [1.165, 1.54) is 6.33 Å². The van der Waals surface area contributed by atoms with Crippen molar-refractivity contribution in [2.24, 2.45) is 0 Å². The topological polar surface area (TPSA) is 44.2 Å². The summed E-state index contributed by atoms with van der Waals surface area (Å²) in [6.45, 7) is 1.31. The predicted octanol–water partition coefficient (Wildman–Crippen LogP) is 4.47. The van der Waals surface area contributed by atoms with Crippen molar-refractivity contribution in [2.45, 2.75) is 12.8 Å². The number of unbranched alkanes of at least 4 members (excludes halogenated alkanes) is 1. The average Bonchev–Trinajstić information content (AvgIpc) is 2.59. The van der Waals surface area contributed by atoms with Gasteiger partial charge in [-0.3, -0.25) is 0 Å². The Morgan fingerprint density at radius 2 is 1.57 bits per heavy atom. The van der Waals surface area contributed by atoms with Gasteiger partial charge in [0.1, 0.15) is 12.1 Å². The Bertz CT molecular complexity index is 774. The van der Waals surface area contributed by atoms with E-state index in [0.29, 0.717) is 19.1 Å². The standard InChI is InChI=1S/C18H17IN2O2/c19-15-8-2-4-10-17(15)22-11-5-6-12-23-18-14-7-1-3-9-16(14)20-13-21-18/h1-4,7-10,13H,5-6,11-12H2. The fourth-order valence-corrected chi connectivity index (χ4v) is 2.76. The van der Waals surface area contributed by atoms with Gasteiger partial charge in [0, 0.05) is 0 Å². The van der Waals surface area contributed by atoms with Gasteiger partial charge in [-0.2, -0.15) is 0 Å². The molecule has 0 amide bonds. The van der Waals surface area contributed by atoms with E-state index >= 15 is 0 Å². The summed E-state index contributed by atoms with van der Waals surface area (Å²) in [6, 6.07) is 15.9. The zero-order valence-electron chi connectivity index (χ0n) is 12.6. The van der Waals surface area contributed by atoms with Crippen LogP contribution >= 0.6 is 22.6 Å². The van der Waals surface area contributed by atoms with Crippen molar-refractivity contribution in [2.75, 3.05) is 13.2 Å². The highest BCUT2D eigenvalue weighted by atomic mass is 127. The molecule has 0 N–H and O–H groups in total. The highest BCUT2D eigenvalue weighted by Crippen LogP contribution is 2.21. The minimum Gasteiger partial charge on any atom is -0.492 e. The van der Waals surface area contributed by atoms with E-state index in [-0.39, 0.29) is 0 Å². The lowest BCUT2D eigenvalue weighted by Crippen LogP contribution is -2.04. The van der Waals surface area contributed by atoms with Gasteiger partial charge in [0.15, 0.2) is 0 Å². The largest absolute Gasteiger partial charge is 0.492 e. The van der Waals surface area contributed by atoms with Gasteiger partial charge in [0.25, 0.3) is 0 Å². The first-order valence-corrected chi connectivity index (χ1v) is 8.62. The van der Waals surface area contributed by atoms with Crippen LogP contribution in [-0.2, 0) is 0 Å². The number of halogens is 1. The van der Waals surface area contributed by atoms with Crippen molar-refractivity contribution in [3.05, 3.63) is 58.4 Å². The van der Waals surface area contributed by atoms with Crippen molar-refractivity contribution < 1.29 is 9.47 Å². The summed E-state index contributed by atoms with van der Waals surface area (Å²) < 4.78 is 12.7. The molecule has 3 rings (SSSR count). The van der Waals surface area contributed by atoms with Crippen LogP contribution in [-0.4, -0.2) is 23.2 Å². The van der Waals surface area contributed by atoms with Gasteiger partial charge >= 0.3 is 0 Å². The van der Waals surface area contributed by atoms with E-state index in [0.717, 1.165) is 33.1 Å².